The molecule has 0 saturated heterocycles. The minimum absolute atomic E-state index is 0.719. The molecule has 100 valence electrons. The van der Waals surface area contributed by atoms with E-state index in [1.54, 1.807) is 0 Å². The summed E-state index contributed by atoms with van der Waals surface area (Å²) in [6.45, 7) is 5.87. The fraction of sp³-hybridized carbons (Fsp3) is 0.600. The number of nitrogens with one attached hydrogen (secondary N) is 1. The predicted molar refractivity (Wildman–Crippen MR) is 79.4 cm³/mol. The van der Waals surface area contributed by atoms with Crippen LogP contribution in [0.2, 0.25) is 0 Å². The Morgan fingerprint density at radius 2 is 2.00 bits per heavy atom. The molecule has 2 rings (SSSR count). The van der Waals surface area contributed by atoms with Crippen molar-refractivity contribution in [3.8, 4) is 5.75 Å². The highest BCUT2D eigenvalue weighted by atomic mass is 79.9. The van der Waals surface area contributed by atoms with Gasteiger partial charge < -0.3 is 10.1 Å². The van der Waals surface area contributed by atoms with E-state index in [0.717, 1.165) is 29.4 Å². The zero-order valence-corrected chi connectivity index (χ0v) is 12.8. The molecule has 18 heavy (non-hydrogen) atoms. The van der Waals surface area contributed by atoms with Crippen molar-refractivity contribution in [1.82, 2.24) is 5.32 Å². The van der Waals surface area contributed by atoms with Crippen molar-refractivity contribution < 1.29 is 4.74 Å². The van der Waals surface area contributed by atoms with Crippen LogP contribution in [0.15, 0.2) is 16.6 Å². The molecule has 1 N–H and O–H groups in total. The second kappa shape index (κ2) is 6.58. The third kappa shape index (κ3) is 3.72. The molecule has 0 heterocycles. The summed E-state index contributed by atoms with van der Waals surface area (Å²) in [4.78, 5) is 0. The van der Waals surface area contributed by atoms with Crippen molar-refractivity contribution in [2.75, 3.05) is 13.2 Å². The topological polar surface area (TPSA) is 21.3 Å². The number of aryl methyl sites for hydroxylation is 2. The second-order valence-corrected chi connectivity index (χ2v) is 6.03. The summed E-state index contributed by atoms with van der Waals surface area (Å²) < 4.78 is 6.93. The van der Waals surface area contributed by atoms with Crippen LogP contribution in [0.25, 0.3) is 0 Å². The first-order chi connectivity index (χ1) is 8.66. The van der Waals surface area contributed by atoms with E-state index < -0.39 is 0 Å². The van der Waals surface area contributed by atoms with Crippen molar-refractivity contribution in [1.29, 1.82) is 0 Å². The van der Waals surface area contributed by atoms with E-state index in [0.29, 0.717) is 0 Å². The molecule has 0 aliphatic heterocycles. The molecule has 0 spiro atoms. The third-order valence-electron chi connectivity index (χ3n) is 3.51. The van der Waals surface area contributed by atoms with Gasteiger partial charge in [0.1, 0.15) is 12.4 Å². The average molecular weight is 312 g/mol. The van der Waals surface area contributed by atoms with Crippen LogP contribution in [0.1, 0.15) is 36.8 Å². The highest BCUT2D eigenvalue weighted by molar-refractivity contribution is 9.10. The Morgan fingerprint density at radius 1 is 1.28 bits per heavy atom. The lowest BCUT2D eigenvalue weighted by Gasteiger charge is -2.15. The first-order valence-electron chi connectivity index (χ1n) is 6.80. The molecule has 1 aromatic carbocycles. The molecule has 1 fully saturated rings. The fourth-order valence-electron chi connectivity index (χ4n) is 2.63. The van der Waals surface area contributed by atoms with E-state index in [9.17, 15) is 0 Å². The van der Waals surface area contributed by atoms with Crippen LogP contribution in [0, 0.1) is 13.8 Å². The molecule has 0 amide bonds. The van der Waals surface area contributed by atoms with Crippen molar-refractivity contribution in [3.63, 3.8) is 0 Å². The Hall–Kier alpha value is -0.540. The van der Waals surface area contributed by atoms with Crippen LogP contribution in [0.4, 0.5) is 0 Å². The predicted octanol–water partition coefficient (Wildman–Crippen LogP) is 3.98. The highest BCUT2D eigenvalue weighted by Crippen LogP contribution is 2.30. The summed E-state index contributed by atoms with van der Waals surface area (Å²) in [7, 11) is 0. The lowest BCUT2D eigenvalue weighted by molar-refractivity contribution is 0.301. The summed E-state index contributed by atoms with van der Waals surface area (Å²) in [6.07, 6.45) is 5.41. The standard InChI is InChI=1S/C15H22BrNO/c1-11-9-12(2)15(14(16)10-11)18-8-7-17-13-5-3-4-6-13/h9-10,13,17H,3-8H2,1-2H3. The van der Waals surface area contributed by atoms with Crippen LogP contribution < -0.4 is 10.1 Å². The van der Waals surface area contributed by atoms with Gasteiger partial charge in [0.25, 0.3) is 0 Å². The lowest BCUT2D eigenvalue weighted by atomic mass is 10.1. The molecule has 0 unspecified atom stereocenters. The second-order valence-electron chi connectivity index (χ2n) is 5.18. The van der Waals surface area contributed by atoms with Gasteiger partial charge >= 0.3 is 0 Å². The van der Waals surface area contributed by atoms with Gasteiger partial charge in [-0.05, 0) is 59.8 Å². The molecule has 0 radical (unpaired) electrons. The summed E-state index contributed by atoms with van der Waals surface area (Å²) in [5.41, 5.74) is 2.46. The van der Waals surface area contributed by atoms with Crippen molar-refractivity contribution in [2.45, 2.75) is 45.6 Å². The van der Waals surface area contributed by atoms with Gasteiger partial charge in [0.2, 0.25) is 0 Å². The van der Waals surface area contributed by atoms with Gasteiger partial charge in [-0.1, -0.05) is 18.9 Å². The largest absolute Gasteiger partial charge is 0.491 e. The summed E-state index contributed by atoms with van der Waals surface area (Å²) in [5, 5.41) is 3.56. The first kappa shape index (κ1) is 13.9. The molecule has 3 heteroatoms. The van der Waals surface area contributed by atoms with Gasteiger partial charge in [-0.2, -0.15) is 0 Å². The summed E-state index contributed by atoms with van der Waals surface area (Å²) in [5.74, 6) is 0.980. The number of halogens is 1. The summed E-state index contributed by atoms with van der Waals surface area (Å²) >= 11 is 3.57. The molecular formula is C15H22BrNO. The van der Waals surface area contributed by atoms with E-state index in [-0.39, 0.29) is 0 Å². The van der Waals surface area contributed by atoms with Crippen LogP contribution in [0.3, 0.4) is 0 Å². The van der Waals surface area contributed by atoms with Gasteiger partial charge in [-0.25, -0.2) is 0 Å². The minimum atomic E-state index is 0.719. The number of benzene rings is 1. The maximum atomic E-state index is 5.87. The minimum Gasteiger partial charge on any atom is -0.491 e. The van der Waals surface area contributed by atoms with E-state index in [1.165, 1.54) is 36.8 Å². The SMILES string of the molecule is Cc1cc(C)c(OCCNC2CCCC2)c(Br)c1. The molecule has 0 bridgehead atoms. The van der Waals surface area contributed by atoms with Crippen LogP contribution >= 0.6 is 15.9 Å². The number of hydrogen-bond acceptors (Lipinski definition) is 2. The van der Waals surface area contributed by atoms with E-state index in [2.05, 4.69) is 47.2 Å². The molecule has 1 aromatic rings. The lowest BCUT2D eigenvalue weighted by Crippen LogP contribution is -2.30. The van der Waals surface area contributed by atoms with Gasteiger partial charge in [-0.3, -0.25) is 0 Å². The normalized spacial score (nSPS) is 16.2. The molecule has 2 nitrogen and oxygen atoms in total. The first-order valence-corrected chi connectivity index (χ1v) is 7.59. The van der Waals surface area contributed by atoms with Gasteiger partial charge in [0.05, 0.1) is 4.47 Å². The molecule has 1 aliphatic carbocycles. The molecule has 0 aromatic heterocycles. The van der Waals surface area contributed by atoms with Gasteiger partial charge in [-0.15, -0.1) is 0 Å². The van der Waals surface area contributed by atoms with E-state index >= 15 is 0 Å². The van der Waals surface area contributed by atoms with Gasteiger partial charge in [0.15, 0.2) is 0 Å². The third-order valence-corrected chi connectivity index (χ3v) is 4.10. The van der Waals surface area contributed by atoms with E-state index in [1.807, 2.05) is 0 Å². The maximum absolute atomic E-state index is 5.87. The number of rotatable bonds is 5. The molecular weight excluding hydrogens is 290 g/mol. The Labute approximate surface area is 118 Å². The molecule has 0 atom stereocenters. The van der Waals surface area contributed by atoms with Crippen LogP contribution in [0.5, 0.6) is 5.75 Å². The average Bonchev–Trinajstić information content (AvgIpc) is 2.79. The van der Waals surface area contributed by atoms with Gasteiger partial charge in [0, 0.05) is 12.6 Å². The van der Waals surface area contributed by atoms with Crippen LogP contribution in [-0.2, 0) is 0 Å². The Bertz CT molecular complexity index is 376. The Kier molecular flexibility index (Phi) is 5.07. The fourth-order valence-corrected chi connectivity index (χ4v) is 3.42. The van der Waals surface area contributed by atoms with Crippen LogP contribution in [-0.4, -0.2) is 19.2 Å². The number of hydrogen-bond donors (Lipinski definition) is 1. The van der Waals surface area contributed by atoms with Crippen molar-refractivity contribution in [3.05, 3.63) is 27.7 Å². The summed E-state index contributed by atoms with van der Waals surface area (Å²) in [6, 6.07) is 4.98. The van der Waals surface area contributed by atoms with Crippen molar-refractivity contribution >= 4 is 15.9 Å². The van der Waals surface area contributed by atoms with E-state index in [4.69, 9.17) is 4.74 Å². The zero-order chi connectivity index (χ0) is 13.0. The smallest absolute Gasteiger partial charge is 0.136 e. The monoisotopic (exact) mass is 311 g/mol. The quantitative estimate of drug-likeness (QED) is 0.831. The molecule has 1 aliphatic rings. The zero-order valence-electron chi connectivity index (χ0n) is 11.3. The Morgan fingerprint density at radius 3 is 2.67 bits per heavy atom. The highest BCUT2D eigenvalue weighted by Gasteiger charge is 2.13. The van der Waals surface area contributed by atoms with Crippen molar-refractivity contribution in [2.24, 2.45) is 0 Å². The number of ether oxygens (including phenoxy) is 1. The Balaban J connectivity index is 1.79. The molecule has 1 saturated carbocycles. The maximum Gasteiger partial charge on any atom is 0.136 e.